The smallest absolute Gasteiger partial charge is 0.318 e. The van der Waals surface area contributed by atoms with Gasteiger partial charge >= 0.3 is 6.01 Å². The van der Waals surface area contributed by atoms with Crippen LogP contribution in [0.1, 0.15) is 53.2 Å². The highest BCUT2D eigenvalue weighted by atomic mass is 35.5. The Morgan fingerprint density at radius 2 is 1.97 bits per heavy atom. The van der Waals surface area contributed by atoms with Gasteiger partial charge in [-0.05, 0) is 31.0 Å². The van der Waals surface area contributed by atoms with Gasteiger partial charge in [-0.2, -0.15) is 10.2 Å². The van der Waals surface area contributed by atoms with Crippen LogP contribution in [-0.4, -0.2) is 51.2 Å². The van der Waals surface area contributed by atoms with E-state index in [2.05, 4.69) is 15.1 Å². The lowest BCUT2D eigenvalue weighted by Crippen LogP contribution is -2.40. The fourth-order valence-electron chi connectivity index (χ4n) is 4.22. The van der Waals surface area contributed by atoms with Crippen molar-refractivity contribution < 1.29 is 14.4 Å². The van der Waals surface area contributed by atoms with E-state index < -0.39 is 6.10 Å². The van der Waals surface area contributed by atoms with Gasteiger partial charge in [0, 0.05) is 47.6 Å². The normalized spacial score (nSPS) is 17.7. The van der Waals surface area contributed by atoms with Gasteiger partial charge < -0.3 is 14.5 Å². The molecule has 1 atom stereocenters. The van der Waals surface area contributed by atoms with Crippen LogP contribution < -0.4 is 4.74 Å². The molecule has 0 bridgehead atoms. The highest BCUT2D eigenvalue weighted by molar-refractivity contribution is 7.10. The molecule has 37 heavy (non-hydrogen) atoms. The number of aromatic nitrogens is 3. The number of nitrogens with zero attached hydrogens (tertiary/aromatic N) is 6. The van der Waals surface area contributed by atoms with Crippen LogP contribution in [0, 0.1) is 11.3 Å². The van der Waals surface area contributed by atoms with Crippen LogP contribution in [0.2, 0.25) is 15.1 Å². The van der Waals surface area contributed by atoms with Gasteiger partial charge in [-0.1, -0.05) is 40.0 Å². The van der Waals surface area contributed by atoms with E-state index in [1.165, 1.54) is 12.3 Å². The van der Waals surface area contributed by atoms with E-state index in [1.807, 2.05) is 11.4 Å². The van der Waals surface area contributed by atoms with Crippen molar-refractivity contribution in [2.24, 2.45) is 5.16 Å². The summed E-state index contributed by atoms with van der Waals surface area (Å²) in [5.74, 6) is 0.102. The summed E-state index contributed by atoms with van der Waals surface area (Å²) in [5, 5.41) is 17.5. The Morgan fingerprint density at radius 1 is 1.22 bits per heavy atom. The Hall–Kier alpha value is -2.97. The van der Waals surface area contributed by atoms with E-state index in [1.54, 1.807) is 28.4 Å². The maximum atomic E-state index is 12.6. The van der Waals surface area contributed by atoms with Crippen molar-refractivity contribution in [3.63, 3.8) is 0 Å². The number of piperidine rings is 1. The zero-order valence-electron chi connectivity index (χ0n) is 19.2. The number of hydrogen-bond donors (Lipinski definition) is 0. The van der Waals surface area contributed by atoms with Crippen LogP contribution in [0.4, 0.5) is 0 Å². The predicted octanol–water partition coefficient (Wildman–Crippen LogP) is 5.42. The van der Waals surface area contributed by atoms with Crippen molar-refractivity contribution in [2.75, 3.05) is 19.7 Å². The Morgan fingerprint density at radius 3 is 2.70 bits per heavy atom. The summed E-state index contributed by atoms with van der Waals surface area (Å²) in [6.45, 7) is 1.02. The molecule has 5 rings (SSSR count). The van der Waals surface area contributed by atoms with Gasteiger partial charge in [0.25, 0.3) is 5.91 Å². The molecule has 3 aromatic rings. The number of thiazole rings is 1. The molecule has 0 aliphatic carbocycles. The molecule has 0 spiro atoms. The number of carbonyl (C=O) groups excluding carboxylic acids is 1. The van der Waals surface area contributed by atoms with Gasteiger partial charge in [0.05, 0.1) is 20.7 Å². The second kappa shape index (κ2) is 11.2. The van der Waals surface area contributed by atoms with Crippen LogP contribution in [0.3, 0.4) is 0 Å². The summed E-state index contributed by atoms with van der Waals surface area (Å²) >= 11 is 20.3. The van der Waals surface area contributed by atoms with Gasteiger partial charge in [0.1, 0.15) is 17.5 Å². The monoisotopic (exact) mass is 576 g/mol. The number of oxime groups is 1. The fraction of sp³-hybridized carbons (Fsp3) is 0.333. The van der Waals surface area contributed by atoms with Crippen molar-refractivity contribution >= 4 is 57.8 Å². The maximum absolute atomic E-state index is 12.6. The molecule has 4 heterocycles. The third kappa shape index (κ3) is 5.80. The summed E-state index contributed by atoms with van der Waals surface area (Å²) < 4.78 is 5.37. The lowest BCUT2D eigenvalue weighted by atomic mass is 9.97. The van der Waals surface area contributed by atoms with Crippen LogP contribution in [-0.2, 0) is 9.63 Å². The number of amides is 1. The molecule has 9 nitrogen and oxygen atoms in total. The molecule has 1 unspecified atom stereocenters. The first kappa shape index (κ1) is 25.7. The number of nitriles is 1. The van der Waals surface area contributed by atoms with E-state index in [9.17, 15) is 4.79 Å². The standard InChI is InChI=1S/C24H19Cl3N6O3S/c25-14-7-16(26)22(17(27)8-14)20-9-18(32-36-20)19-12-37-23(31-19)13-2-5-33(6-3-13)21(34)11-35-24-29-4-1-15(10-28)30-24/h1,4,7-8,12-13,20H,2-3,5-6,9,11H2. The highest BCUT2D eigenvalue weighted by Gasteiger charge is 2.31. The van der Waals surface area contributed by atoms with E-state index in [-0.39, 0.29) is 30.1 Å². The predicted molar refractivity (Wildman–Crippen MR) is 139 cm³/mol. The number of ether oxygens (including phenoxy) is 1. The maximum Gasteiger partial charge on any atom is 0.318 e. The molecule has 2 aliphatic rings. The summed E-state index contributed by atoms with van der Waals surface area (Å²) in [7, 11) is 0. The molecule has 1 amide bonds. The van der Waals surface area contributed by atoms with E-state index in [4.69, 9.17) is 54.6 Å². The van der Waals surface area contributed by atoms with Crippen LogP contribution >= 0.6 is 46.1 Å². The highest BCUT2D eigenvalue weighted by Crippen LogP contribution is 2.40. The van der Waals surface area contributed by atoms with Crippen LogP contribution in [0.15, 0.2) is 34.9 Å². The van der Waals surface area contributed by atoms with E-state index in [0.29, 0.717) is 40.1 Å². The second-order valence-electron chi connectivity index (χ2n) is 8.47. The van der Waals surface area contributed by atoms with Crippen molar-refractivity contribution in [1.29, 1.82) is 5.26 Å². The largest absolute Gasteiger partial charge is 0.453 e. The SMILES string of the molecule is N#Cc1ccnc(OCC(=O)N2CCC(c3nc(C4=NOC(c5c(Cl)cc(Cl)cc5Cl)C4)cs3)CC2)n1. The Labute approximate surface area is 231 Å². The molecule has 1 aromatic carbocycles. The summed E-state index contributed by atoms with van der Waals surface area (Å²) in [6, 6.07) is 6.67. The van der Waals surface area contributed by atoms with Crippen molar-refractivity contribution in [2.45, 2.75) is 31.3 Å². The Kier molecular flexibility index (Phi) is 7.76. The molecule has 13 heteroatoms. The number of hydrogen-bond acceptors (Lipinski definition) is 9. The average Bonchev–Trinajstić information content (AvgIpc) is 3.57. The average molecular weight is 578 g/mol. The Balaban J connectivity index is 1.14. The van der Waals surface area contributed by atoms with Gasteiger partial charge in [0.15, 0.2) is 12.7 Å². The third-order valence-electron chi connectivity index (χ3n) is 6.12. The van der Waals surface area contributed by atoms with E-state index in [0.717, 1.165) is 29.3 Å². The van der Waals surface area contributed by atoms with Gasteiger partial charge in [-0.3, -0.25) is 4.79 Å². The number of carbonyl (C=O) groups is 1. The lowest BCUT2D eigenvalue weighted by Gasteiger charge is -2.31. The molecular weight excluding hydrogens is 559 g/mol. The van der Waals surface area contributed by atoms with Crippen molar-refractivity contribution in [3.05, 3.63) is 66.8 Å². The molecule has 1 fully saturated rings. The van der Waals surface area contributed by atoms with Gasteiger partial charge in [0.2, 0.25) is 0 Å². The Bertz CT molecular complexity index is 1380. The van der Waals surface area contributed by atoms with Crippen molar-refractivity contribution in [3.8, 4) is 12.1 Å². The zero-order chi connectivity index (χ0) is 25.9. The molecule has 2 aliphatic heterocycles. The quantitative estimate of drug-likeness (QED) is 0.384. The first-order valence-electron chi connectivity index (χ1n) is 11.4. The third-order valence-corrected chi connectivity index (χ3v) is 7.97. The molecular formula is C24H19Cl3N6O3S. The summed E-state index contributed by atoms with van der Waals surface area (Å²) in [5.41, 5.74) is 2.36. The summed E-state index contributed by atoms with van der Waals surface area (Å²) in [4.78, 5) is 32.6. The van der Waals surface area contributed by atoms with Crippen LogP contribution in [0.25, 0.3) is 0 Å². The zero-order valence-corrected chi connectivity index (χ0v) is 22.3. The minimum Gasteiger partial charge on any atom is -0.453 e. The van der Waals surface area contributed by atoms with Gasteiger partial charge in [-0.25, -0.2) is 9.97 Å². The molecule has 1 saturated heterocycles. The van der Waals surface area contributed by atoms with Gasteiger partial charge in [-0.15, -0.1) is 11.3 Å². The molecule has 190 valence electrons. The first-order valence-corrected chi connectivity index (χ1v) is 13.4. The number of halogens is 3. The second-order valence-corrected chi connectivity index (χ2v) is 10.6. The van der Waals surface area contributed by atoms with E-state index >= 15 is 0 Å². The molecule has 2 aromatic heterocycles. The number of benzene rings is 1. The minimum atomic E-state index is -0.401. The number of rotatable bonds is 6. The molecule has 0 N–H and O–H groups in total. The first-order chi connectivity index (χ1) is 17.9. The number of likely N-dealkylation sites (tertiary alicyclic amines) is 1. The molecule has 0 radical (unpaired) electrons. The minimum absolute atomic E-state index is 0.0132. The summed E-state index contributed by atoms with van der Waals surface area (Å²) in [6.07, 6.45) is 3.10. The fourth-order valence-corrected chi connectivity index (χ4v) is 6.28. The lowest BCUT2D eigenvalue weighted by molar-refractivity contribution is -0.134. The topological polar surface area (TPSA) is 114 Å². The molecule has 0 saturated carbocycles. The van der Waals surface area contributed by atoms with Crippen LogP contribution in [0.5, 0.6) is 6.01 Å². The van der Waals surface area contributed by atoms with Crippen molar-refractivity contribution in [1.82, 2.24) is 19.9 Å².